The van der Waals surface area contributed by atoms with Gasteiger partial charge in [0.05, 0.1) is 23.1 Å². The molecule has 0 aliphatic rings. The maximum atomic E-state index is 10.7. The Balaban J connectivity index is 0.000000196. The van der Waals surface area contributed by atoms with Crippen LogP contribution in [0.4, 0.5) is 0 Å². The van der Waals surface area contributed by atoms with Crippen molar-refractivity contribution in [3.05, 3.63) is 163 Å². The largest absolute Gasteiger partial charge is 0.545 e. The van der Waals surface area contributed by atoms with E-state index in [0.717, 1.165) is 8.95 Å². The topological polar surface area (TPSA) is 183 Å². The molecule has 0 saturated heterocycles. The number of nitrogens with one attached hydrogen (secondary N) is 2. The molecule has 5 aromatic rings. The molecule has 0 amide bonds. The average Bonchev–Trinajstić information content (AvgIpc) is 3.07. The van der Waals surface area contributed by atoms with E-state index in [1.807, 2.05) is 73.3 Å². The lowest BCUT2D eigenvalue weighted by atomic mass is 9.98. The minimum Gasteiger partial charge on any atom is -0.545 e. The lowest BCUT2D eigenvalue weighted by Gasteiger charge is -2.13. The summed E-state index contributed by atoms with van der Waals surface area (Å²) in [6.07, 6.45) is 16.0. The maximum absolute atomic E-state index is 10.7. The Kier molecular flexibility index (Phi) is 14.1. The van der Waals surface area contributed by atoms with Crippen molar-refractivity contribution in [2.45, 2.75) is 0 Å². The van der Waals surface area contributed by atoms with Crippen LogP contribution in [0.1, 0.15) is 63.7 Å². The van der Waals surface area contributed by atoms with E-state index in [1.165, 1.54) is 22.3 Å². The second-order valence-corrected chi connectivity index (χ2v) is 11.4. The Morgan fingerprint density at radius 3 is 1.15 bits per heavy atom. The average molecular weight is 774 g/mol. The van der Waals surface area contributed by atoms with Crippen molar-refractivity contribution in [2.24, 2.45) is 0 Å². The quantitative estimate of drug-likeness (QED) is 0.228. The van der Waals surface area contributed by atoms with Gasteiger partial charge in [-0.1, -0.05) is 80.4 Å². The number of benzene rings is 3. The highest BCUT2D eigenvalue weighted by molar-refractivity contribution is 9.10. The second-order valence-electron chi connectivity index (χ2n) is 9.57. The van der Waals surface area contributed by atoms with Crippen LogP contribution in [0, 0.1) is 0 Å². The molecule has 242 valence electrons. The molecular formula is C36H26Br2N2O8. The maximum Gasteiger partial charge on any atom is 0.336 e. The second kappa shape index (κ2) is 18.4. The molecular weight excluding hydrogens is 748 g/mol. The number of carbonyl (C=O) groups excluding carboxylic acids is 2. The number of carbonyl (C=O) groups is 4. The number of carboxylic acids is 4. The van der Waals surface area contributed by atoms with Crippen molar-refractivity contribution >= 4 is 80.0 Å². The van der Waals surface area contributed by atoms with Gasteiger partial charge in [-0.25, -0.2) is 19.6 Å². The standard InChI is InChI=1S/2C13H10BrN.C10H6O8/c2*14-13-3-1-2-12(10-13)5-4-11-6-8-15-9-7-11;11-7(12)3-1-4(8(13)14)6(10(17)18)2-5(3)9(15)16/h2*1-10H;1-2H,(H,11,12)(H,13,14)(H,15,16)(H,17,18)/b2*5-4+;. The number of carboxylic acid groups (broad SMARTS) is 4. The van der Waals surface area contributed by atoms with E-state index < -0.39 is 46.1 Å². The third-order valence-corrected chi connectivity index (χ3v) is 7.17. The van der Waals surface area contributed by atoms with Gasteiger partial charge in [-0.3, -0.25) is 0 Å². The van der Waals surface area contributed by atoms with Crippen LogP contribution in [-0.2, 0) is 0 Å². The number of aromatic nitrogens is 2. The highest BCUT2D eigenvalue weighted by Crippen LogP contribution is 2.18. The minimum absolute atomic E-state index is 0.386. The first-order valence-electron chi connectivity index (χ1n) is 13.8. The number of aromatic amines is 2. The first-order valence-corrected chi connectivity index (χ1v) is 15.4. The molecule has 0 bridgehead atoms. The smallest absolute Gasteiger partial charge is 0.336 e. The third kappa shape index (κ3) is 11.9. The van der Waals surface area contributed by atoms with Crippen LogP contribution in [0.3, 0.4) is 0 Å². The van der Waals surface area contributed by atoms with Gasteiger partial charge >= 0.3 is 11.9 Å². The Labute approximate surface area is 291 Å². The number of pyridine rings is 2. The van der Waals surface area contributed by atoms with Crippen LogP contribution in [0.5, 0.6) is 0 Å². The summed E-state index contributed by atoms with van der Waals surface area (Å²) >= 11 is 6.90. The van der Waals surface area contributed by atoms with Crippen molar-refractivity contribution in [1.29, 1.82) is 0 Å². The zero-order valence-electron chi connectivity index (χ0n) is 24.8. The fourth-order valence-corrected chi connectivity index (χ4v) is 4.75. The molecule has 0 fully saturated rings. The molecule has 48 heavy (non-hydrogen) atoms. The van der Waals surface area contributed by atoms with Crippen LogP contribution in [0.15, 0.2) is 119 Å². The van der Waals surface area contributed by atoms with Gasteiger partial charge in [0.25, 0.3) is 0 Å². The number of H-pyrrole nitrogens is 2. The highest BCUT2D eigenvalue weighted by Gasteiger charge is 2.19. The third-order valence-electron chi connectivity index (χ3n) is 6.18. The monoisotopic (exact) mass is 772 g/mol. The van der Waals surface area contributed by atoms with Crippen molar-refractivity contribution in [3.8, 4) is 0 Å². The van der Waals surface area contributed by atoms with E-state index in [1.54, 1.807) is 0 Å². The lowest BCUT2D eigenvalue weighted by molar-refractivity contribution is -0.378. The molecule has 0 aliphatic heterocycles. The number of hydrogen-bond acceptors (Lipinski definition) is 6. The molecule has 10 nitrogen and oxygen atoms in total. The summed E-state index contributed by atoms with van der Waals surface area (Å²) in [7, 11) is 0. The van der Waals surface area contributed by atoms with Gasteiger partial charge in [0.15, 0.2) is 24.8 Å². The van der Waals surface area contributed by atoms with Crippen LogP contribution < -0.4 is 20.2 Å². The van der Waals surface area contributed by atoms with Crippen molar-refractivity contribution in [3.63, 3.8) is 0 Å². The summed E-state index contributed by atoms with van der Waals surface area (Å²) in [4.78, 5) is 48.8. The summed E-state index contributed by atoms with van der Waals surface area (Å²) in [5, 5.41) is 38.7. The zero-order chi connectivity index (χ0) is 35.1. The van der Waals surface area contributed by atoms with Crippen LogP contribution in [0.2, 0.25) is 0 Å². The van der Waals surface area contributed by atoms with Gasteiger partial charge in [-0.2, -0.15) is 0 Å². The molecule has 0 radical (unpaired) electrons. The SMILES string of the molecule is Brc1cccc(/C=C/c2cc[nH+]cc2)c1.Brc1cccc(/C=C/c2cc[nH+]cc2)c1.O=C([O-])c1cc(C(=O)[O-])c(C(=O)O)cc1C(=O)O. The fraction of sp³-hybridized carbons (Fsp3) is 0. The first-order chi connectivity index (χ1) is 22.9. The Morgan fingerprint density at radius 2 is 0.833 bits per heavy atom. The predicted octanol–water partition coefficient (Wildman–Crippen LogP) is 4.68. The van der Waals surface area contributed by atoms with Crippen molar-refractivity contribution in [1.82, 2.24) is 0 Å². The van der Waals surface area contributed by atoms with Crippen molar-refractivity contribution < 1.29 is 49.6 Å². The van der Waals surface area contributed by atoms with Gasteiger partial charge in [0.1, 0.15) is 0 Å². The van der Waals surface area contributed by atoms with Gasteiger partial charge in [0, 0.05) is 44.3 Å². The molecule has 4 N–H and O–H groups in total. The fourth-order valence-electron chi connectivity index (χ4n) is 3.92. The molecule has 0 atom stereocenters. The summed E-state index contributed by atoms with van der Waals surface area (Å²) in [6.45, 7) is 0. The van der Waals surface area contributed by atoms with E-state index in [2.05, 4.69) is 90.4 Å². The summed E-state index contributed by atoms with van der Waals surface area (Å²) in [5.41, 5.74) is 1.13. The molecule has 2 aromatic heterocycles. The zero-order valence-corrected chi connectivity index (χ0v) is 28.0. The number of halogens is 2. The molecule has 12 heteroatoms. The highest BCUT2D eigenvalue weighted by atomic mass is 79.9. The Morgan fingerprint density at radius 1 is 0.500 bits per heavy atom. The molecule has 0 unspecified atom stereocenters. The van der Waals surface area contributed by atoms with E-state index in [4.69, 9.17) is 10.2 Å². The Bertz CT molecular complexity index is 1780. The van der Waals surface area contributed by atoms with E-state index in [0.29, 0.717) is 12.1 Å². The molecule has 5 rings (SSSR count). The Hall–Kier alpha value is -5.72. The predicted molar refractivity (Wildman–Crippen MR) is 181 cm³/mol. The van der Waals surface area contributed by atoms with Crippen LogP contribution in [0.25, 0.3) is 24.3 Å². The van der Waals surface area contributed by atoms with Crippen molar-refractivity contribution in [2.75, 3.05) is 0 Å². The molecule has 2 heterocycles. The number of hydrogen-bond donors (Lipinski definition) is 2. The van der Waals surface area contributed by atoms with Gasteiger partial charge in [-0.05, 0) is 58.7 Å². The number of aromatic carboxylic acids is 4. The normalized spacial score (nSPS) is 10.4. The molecule has 0 saturated carbocycles. The molecule has 0 spiro atoms. The van der Waals surface area contributed by atoms with E-state index in [9.17, 15) is 29.4 Å². The molecule has 0 aliphatic carbocycles. The summed E-state index contributed by atoms with van der Waals surface area (Å²) < 4.78 is 2.21. The van der Waals surface area contributed by atoms with Crippen LogP contribution in [-0.4, -0.2) is 34.1 Å². The van der Waals surface area contributed by atoms with E-state index in [-0.39, 0.29) is 0 Å². The van der Waals surface area contributed by atoms with E-state index >= 15 is 0 Å². The van der Waals surface area contributed by atoms with Gasteiger partial charge in [0.2, 0.25) is 0 Å². The summed E-state index contributed by atoms with van der Waals surface area (Å²) in [5.74, 6) is -7.32. The molecule has 3 aromatic carbocycles. The minimum atomic E-state index is -1.94. The van der Waals surface area contributed by atoms with Gasteiger partial charge < -0.3 is 30.0 Å². The number of rotatable bonds is 8. The van der Waals surface area contributed by atoms with Gasteiger partial charge in [-0.15, -0.1) is 0 Å². The summed E-state index contributed by atoms with van der Waals surface area (Å²) in [6, 6.07) is 25.4. The lowest BCUT2D eigenvalue weighted by Crippen LogP contribution is -2.29. The van der Waals surface area contributed by atoms with Crippen LogP contribution >= 0.6 is 31.9 Å². The first kappa shape index (κ1) is 36.7.